The molecule has 4 rings (SSSR count). The summed E-state index contributed by atoms with van der Waals surface area (Å²) in [6, 6.07) is 15.1. The summed E-state index contributed by atoms with van der Waals surface area (Å²) < 4.78 is 17.0. The number of carbonyl (C=O) groups excluding carboxylic acids is 4. The summed E-state index contributed by atoms with van der Waals surface area (Å²) in [5.74, 6) is 8.32. The van der Waals surface area contributed by atoms with E-state index in [4.69, 9.17) is 25.8 Å². The van der Waals surface area contributed by atoms with Crippen LogP contribution in [0.1, 0.15) is 82.4 Å². The first-order valence-electron chi connectivity index (χ1n) is 20.5. The van der Waals surface area contributed by atoms with E-state index in [0.717, 1.165) is 23.5 Å². The number of hydrazine groups is 1. The normalized spacial score (nSPS) is 20.4. The molecular weight excluding hydrogens is 727 g/mol. The molecule has 57 heavy (non-hydrogen) atoms. The van der Waals surface area contributed by atoms with Crippen molar-refractivity contribution in [2.75, 3.05) is 71.2 Å². The van der Waals surface area contributed by atoms with Crippen LogP contribution in [-0.4, -0.2) is 95.0 Å². The lowest BCUT2D eigenvalue weighted by atomic mass is 9.67. The summed E-state index contributed by atoms with van der Waals surface area (Å²) in [6.45, 7) is 10.0. The number of para-hydroxylation sites is 1. The smallest absolute Gasteiger partial charge is 0.239 e. The summed E-state index contributed by atoms with van der Waals surface area (Å²) >= 11 is 0. The van der Waals surface area contributed by atoms with Crippen molar-refractivity contribution in [1.82, 2.24) is 21.0 Å². The molecule has 1 fully saturated rings. The minimum absolute atomic E-state index is 0.0323. The number of rotatable bonds is 22. The molecule has 1 aliphatic heterocycles. The number of benzene rings is 2. The van der Waals surface area contributed by atoms with Crippen molar-refractivity contribution in [2.24, 2.45) is 35.2 Å². The van der Waals surface area contributed by atoms with Crippen LogP contribution in [-0.2, 0) is 39.9 Å². The third-order valence-electron chi connectivity index (χ3n) is 10.9. The van der Waals surface area contributed by atoms with Gasteiger partial charge in [-0.1, -0.05) is 76.1 Å². The van der Waals surface area contributed by atoms with E-state index < -0.39 is 0 Å². The topological polar surface area (TPSA) is 191 Å². The molecular formula is C43H65N7O7. The lowest BCUT2D eigenvalue weighted by Gasteiger charge is -2.40. The molecule has 0 bridgehead atoms. The summed E-state index contributed by atoms with van der Waals surface area (Å²) in [5, 5.41) is 9.88. The molecule has 7 N–H and O–H groups in total. The highest BCUT2D eigenvalue weighted by atomic mass is 16.5. The molecule has 14 nitrogen and oxygen atoms in total. The second-order valence-electron chi connectivity index (χ2n) is 15.2. The van der Waals surface area contributed by atoms with Crippen LogP contribution >= 0.6 is 0 Å². The maximum atomic E-state index is 13.4. The average Bonchev–Trinajstić information content (AvgIpc) is 3.19. The maximum Gasteiger partial charge on any atom is 0.239 e. The Morgan fingerprint density at radius 3 is 2.19 bits per heavy atom. The predicted molar refractivity (Wildman–Crippen MR) is 222 cm³/mol. The number of fused-ring (bicyclic) bond motifs is 2. The first kappa shape index (κ1) is 45.2. The van der Waals surface area contributed by atoms with Gasteiger partial charge in [0.2, 0.25) is 23.6 Å². The quantitative estimate of drug-likeness (QED) is 0.0667. The number of anilines is 1. The summed E-state index contributed by atoms with van der Waals surface area (Å²) in [7, 11) is 1.55. The molecule has 14 heteroatoms. The number of nitrogens with one attached hydrogen (secondary N) is 3. The third-order valence-corrected chi connectivity index (χ3v) is 10.9. The van der Waals surface area contributed by atoms with Gasteiger partial charge in [0, 0.05) is 44.0 Å². The average molecular weight is 792 g/mol. The summed E-state index contributed by atoms with van der Waals surface area (Å²) in [4.78, 5) is 51.7. The van der Waals surface area contributed by atoms with Crippen molar-refractivity contribution in [3.63, 3.8) is 0 Å². The second-order valence-corrected chi connectivity index (χ2v) is 15.2. The first-order valence-corrected chi connectivity index (χ1v) is 20.5. The van der Waals surface area contributed by atoms with Crippen LogP contribution in [0.25, 0.3) is 11.4 Å². The molecule has 4 unspecified atom stereocenters. The van der Waals surface area contributed by atoms with E-state index in [0.29, 0.717) is 86.5 Å². The van der Waals surface area contributed by atoms with Gasteiger partial charge >= 0.3 is 0 Å². The van der Waals surface area contributed by atoms with Gasteiger partial charge < -0.3 is 45.8 Å². The van der Waals surface area contributed by atoms with Crippen LogP contribution in [0.2, 0.25) is 0 Å². The predicted octanol–water partition coefficient (Wildman–Crippen LogP) is 3.79. The van der Waals surface area contributed by atoms with Gasteiger partial charge in [-0.2, -0.15) is 0 Å². The van der Waals surface area contributed by atoms with Crippen LogP contribution in [0.4, 0.5) is 5.69 Å². The van der Waals surface area contributed by atoms with E-state index >= 15 is 0 Å². The monoisotopic (exact) mass is 791 g/mol. The molecule has 2 aromatic carbocycles. The lowest BCUT2D eigenvalue weighted by molar-refractivity contribution is -0.127. The van der Waals surface area contributed by atoms with Crippen molar-refractivity contribution in [3.05, 3.63) is 65.2 Å². The van der Waals surface area contributed by atoms with E-state index in [1.165, 1.54) is 19.3 Å². The lowest BCUT2D eigenvalue weighted by Crippen LogP contribution is -2.43. The maximum absolute atomic E-state index is 13.4. The van der Waals surface area contributed by atoms with Crippen LogP contribution in [0, 0.1) is 23.7 Å². The minimum Gasteiger partial charge on any atom is -0.396 e. The van der Waals surface area contributed by atoms with Crippen molar-refractivity contribution in [2.45, 2.75) is 72.3 Å². The highest BCUT2D eigenvalue weighted by Crippen LogP contribution is 2.40. The Balaban J connectivity index is 1.13. The standard InChI is InChI=1S/C43H65N7O7/c1-5-10-32-26-30(2)25-31(3)36(32)27-47-40(53)28-48-39(52)17-19-55-21-23-57-24-22-56-20-18-50(45)43-34-12-7-6-11-33(34)29-49(41(54)16-15-38(51)46-4)37-14-9-8-13-35(37)42(43)44/h6-9,11-14,30-32,36H,5,10,15-29,44-45H2,1-4H3,(H,46,51)(H,47,53)(H,48,52)/b43-42-. The van der Waals surface area contributed by atoms with Gasteiger partial charge in [-0.25, -0.2) is 5.84 Å². The fourth-order valence-electron chi connectivity index (χ4n) is 8.04. The molecule has 0 radical (unpaired) electrons. The van der Waals surface area contributed by atoms with E-state index in [1.54, 1.807) is 17.0 Å². The SMILES string of the molecule is CCCC1CC(C)CC(C)C1CNC(=O)CNC(=O)CCOCCOCCOCCN(N)/C1=C(\N)c2ccccc2N(C(=O)CCC(=O)NC)Cc2ccccc21. The molecule has 314 valence electrons. The third kappa shape index (κ3) is 13.8. The van der Waals surface area contributed by atoms with Gasteiger partial charge in [0.15, 0.2) is 0 Å². The molecule has 0 aromatic heterocycles. The first-order chi connectivity index (χ1) is 27.5. The highest BCUT2D eigenvalue weighted by Gasteiger charge is 2.33. The van der Waals surface area contributed by atoms with E-state index in [1.807, 2.05) is 48.5 Å². The molecule has 1 aliphatic carbocycles. The van der Waals surface area contributed by atoms with Crippen LogP contribution in [0.5, 0.6) is 0 Å². The van der Waals surface area contributed by atoms with Gasteiger partial charge in [-0.3, -0.25) is 19.2 Å². The fraction of sp³-hybridized carbons (Fsp3) is 0.581. The molecule has 1 saturated carbocycles. The Morgan fingerprint density at radius 2 is 1.47 bits per heavy atom. The Labute approximate surface area is 338 Å². The molecule has 2 aliphatic rings. The van der Waals surface area contributed by atoms with Gasteiger partial charge in [0.1, 0.15) is 0 Å². The molecule has 2 aromatic rings. The summed E-state index contributed by atoms with van der Waals surface area (Å²) in [6.07, 6.45) is 5.08. The summed E-state index contributed by atoms with van der Waals surface area (Å²) in [5.41, 5.74) is 10.9. The van der Waals surface area contributed by atoms with Gasteiger partial charge in [-0.05, 0) is 48.1 Å². The zero-order valence-electron chi connectivity index (χ0n) is 34.4. The Kier molecular flexibility index (Phi) is 18.8. The largest absolute Gasteiger partial charge is 0.396 e. The number of amides is 4. The van der Waals surface area contributed by atoms with Crippen molar-refractivity contribution >= 4 is 40.7 Å². The Morgan fingerprint density at radius 1 is 0.807 bits per heavy atom. The van der Waals surface area contributed by atoms with Crippen LogP contribution < -0.4 is 32.4 Å². The van der Waals surface area contributed by atoms with Gasteiger partial charge in [-0.15, -0.1) is 0 Å². The van der Waals surface area contributed by atoms with Gasteiger partial charge in [0.05, 0.1) is 76.4 Å². The Bertz CT molecular complexity index is 1650. The molecule has 4 amide bonds. The van der Waals surface area contributed by atoms with E-state index in [-0.39, 0.29) is 62.6 Å². The van der Waals surface area contributed by atoms with Crippen LogP contribution in [0.15, 0.2) is 48.5 Å². The number of nitrogens with two attached hydrogens (primary N) is 2. The van der Waals surface area contributed by atoms with E-state index in [2.05, 4.69) is 36.7 Å². The minimum atomic E-state index is -0.228. The number of nitrogens with zero attached hydrogens (tertiary/aromatic N) is 2. The number of ether oxygens (including phenoxy) is 3. The van der Waals surface area contributed by atoms with E-state index in [9.17, 15) is 19.2 Å². The second kappa shape index (κ2) is 23.7. The Hall–Kier alpha value is -4.50. The molecule has 0 saturated heterocycles. The van der Waals surface area contributed by atoms with Crippen molar-refractivity contribution < 1.29 is 33.4 Å². The van der Waals surface area contributed by atoms with Crippen molar-refractivity contribution in [1.29, 1.82) is 0 Å². The number of hydrogen-bond donors (Lipinski definition) is 5. The number of carbonyl (C=O) groups is 4. The van der Waals surface area contributed by atoms with Crippen LogP contribution in [0.3, 0.4) is 0 Å². The molecule has 1 heterocycles. The molecule has 0 spiro atoms. The molecule has 4 atom stereocenters. The highest BCUT2D eigenvalue weighted by molar-refractivity contribution is 6.01. The number of hydrogen-bond acceptors (Lipinski definition) is 10. The van der Waals surface area contributed by atoms with Crippen molar-refractivity contribution in [3.8, 4) is 0 Å². The zero-order valence-corrected chi connectivity index (χ0v) is 34.4. The zero-order chi connectivity index (χ0) is 41.2. The van der Waals surface area contributed by atoms with Gasteiger partial charge in [0.25, 0.3) is 0 Å². The fourth-order valence-corrected chi connectivity index (χ4v) is 8.04.